The molecule has 0 atom stereocenters. The Morgan fingerprint density at radius 1 is 0.867 bits per heavy atom. The second-order valence-corrected chi connectivity index (χ2v) is 7.60. The topological polar surface area (TPSA) is 66.4 Å². The van der Waals surface area contributed by atoms with E-state index in [0.717, 1.165) is 67.5 Å². The summed E-state index contributed by atoms with van der Waals surface area (Å²) in [5.74, 6) is 0.963. The first-order chi connectivity index (χ1) is 14.8. The fourth-order valence-electron chi connectivity index (χ4n) is 3.92. The maximum atomic E-state index is 5.45. The van der Waals surface area contributed by atoms with E-state index in [2.05, 4.69) is 49.4 Å². The van der Waals surface area contributed by atoms with Crippen LogP contribution in [-0.4, -0.2) is 68.4 Å². The summed E-state index contributed by atoms with van der Waals surface area (Å²) in [5, 5.41) is 2.75. The van der Waals surface area contributed by atoms with Crippen LogP contribution in [0.3, 0.4) is 0 Å². The minimum absolute atomic E-state index is 0.797. The lowest BCUT2D eigenvalue weighted by molar-refractivity contribution is 0.122. The van der Waals surface area contributed by atoms with E-state index in [1.807, 2.05) is 20.2 Å². The van der Waals surface area contributed by atoms with Crippen molar-refractivity contribution >= 4 is 22.5 Å². The molecule has 0 spiro atoms. The molecule has 0 saturated carbocycles. The van der Waals surface area contributed by atoms with Crippen LogP contribution in [0.2, 0.25) is 0 Å². The highest BCUT2D eigenvalue weighted by molar-refractivity contribution is 5.89. The SMILES string of the molecule is CNC.c1cnc2c(N3CCCC3)nc(-c3ccc(N4CCOCC4)cc3)cc2n1. The van der Waals surface area contributed by atoms with Gasteiger partial charge in [-0.15, -0.1) is 0 Å². The first-order valence-corrected chi connectivity index (χ1v) is 10.7. The molecule has 0 radical (unpaired) electrons. The van der Waals surface area contributed by atoms with Crippen molar-refractivity contribution in [2.45, 2.75) is 12.8 Å². The number of fused-ring (bicyclic) bond motifs is 1. The number of pyridine rings is 1. The number of anilines is 2. The number of nitrogens with zero attached hydrogens (tertiary/aromatic N) is 5. The van der Waals surface area contributed by atoms with Gasteiger partial charge >= 0.3 is 0 Å². The van der Waals surface area contributed by atoms with E-state index in [1.54, 1.807) is 12.4 Å². The average molecular weight is 407 g/mol. The van der Waals surface area contributed by atoms with Gasteiger partial charge in [0.1, 0.15) is 5.52 Å². The molecule has 4 heterocycles. The Hall–Kier alpha value is -2.77. The monoisotopic (exact) mass is 406 g/mol. The lowest BCUT2D eigenvalue weighted by Gasteiger charge is -2.28. The van der Waals surface area contributed by atoms with Gasteiger partial charge in [-0.2, -0.15) is 0 Å². The van der Waals surface area contributed by atoms with E-state index in [0.29, 0.717) is 0 Å². The summed E-state index contributed by atoms with van der Waals surface area (Å²) in [6, 6.07) is 10.7. The minimum atomic E-state index is 0.797. The molecule has 7 nitrogen and oxygen atoms in total. The molecule has 30 heavy (non-hydrogen) atoms. The van der Waals surface area contributed by atoms with Crippen LogP contribution in [0.4, 0.5) is 11.5 Å². The predicted molar refractivity (Wildman–Crippen MR) is 122 cm³/mol. The second kappa shape index (κ2) is 9.82. The number of ether oxygens (including phenoxy) is 1. The molecular weight excluding hydrogens is 376 g/mol. The zero-order valence-electron chi connectivity index (χ0n) is 17.8. The molecule has 5 rings (SSSR count). The second-order valence-electron chi connectivity index (χ2n) is 7.60. The first-order valence-electron chi connectivity index (χ1n) is 10.7. The molecule has 2 saturated heterocycles. The van der Waals surface area contributed by atoms with Gasteiger partial charge in [-0.1, -0.05) is 12.1 Å². The lowest BCUT2D eigenvalue weighted by Crippen LogP contribution is -2.36. The number of hydrogen-bond donors (Lipinski definition) is 1. The van der Waals surface area contributed by atoms with E-state index in [-0.39, 0.29) is 0 Å². The molecule has 2 aromatic heterocycles. The summed E-state index contributed by atoms with van der Waals surface area (Å²) in [5.41, 5.74) is 5.11. The van der Waals surface area contributed by atoms with Gasteiger partial charge in [-0.25, -0.2) is 9.97 Å². The van der Waals surface area contributed by atoms with Gasteiger partial charge in [0.15, 0.2) is 5.82 Å². The van der Waals surface area contributed by atoms with Gasteiger partial charge in [-0.05, 0) is 45.1 Å². The highest BCUT2D eigenvalue weighted by Crippen LogP contribution is 2.30. The third kappa shape index (κ3) is 4.52. The predicted octanol–water partition coefficient (Wildman–Crippen LogP) is 2.96. The Labute approximate surface area is 178 Å². The number of nitrogens with one attached hydrogen (secondary N) is 1. The van der Waals surface area contributed by atoms with Crippen molar-refractivity contribution in [3.05, 3.63) is 42.7 Å². The maximum Gasteiger partial charge on any atom is 0.157 e. The number of morpholine rings is 1. The van der Waals surface area contributed by atoms with Crippen molar-refractivity contribution in [2.24, 2.45) is 0 Å². The normalized spacial score (nSPS) is 16.5. The molecule has 1 N–H and O–H groups in total. The smallest absolute Gasteiger partial charge is 0.157 e. The van der Waals surface area contributed by atoms with Gasteiger partial charge in [-0.3, -0.25) is 4.98 Å². The highest BCUT2D eigenvalue weighted by Gasteiger charge is 2.19. The van der Waals surface area contributed by atoms with Crippen LogP contribution in [0.1, 0.15) is 12.8 Å². The summed E-state index contributed by atoms with van der Waals surface area (Å²) < 4.78 is 5.45. The van der Waals surface area contributed by atoms with Gasteiger partial charge in [0, 0.05) is 49.8 Å². The molecule has 3 aromatic rings. The molecule has 2 aliphatic rings. The van der Waals surface area contributed by atoms with Gasteiger partial charge < -0.3 is 19.9 Å². The Morgan fingerprint density at radius 2 is 1.53 bits per heavy atom. The quantitative estimate of drug-likeness (QED) is 0.717. The first kappa shape index (κ1) is 20.5. The Morgan fingerprint density at radius 3 is 2.23 bits per heavy atom. The largest absolute Gasteiger partial charge is 0.378 e. The van der Waals surface area contributed by atoms with Crippen molar-refractivity contribution < 1.29 is 4.74 Å². The van der Waals surface area contributed by atoms with Crippen LogP contribution in [0.5, 0.6) is 0 Å². The number of aromatic nitrogens is 3. The van der Waals surface area contributed by atoms with Crippen molar-refractivity contribution in [3.63, 3.8) is 0 Å². The molecule has 158 valence electrons. The maximum absolute atomic E-state index is 5.45. The molecule has 7 heteroatoms. The summed E-state index contributed by atoms with van der Waals surface area (Å²) in [6.45, 7) is 5.57. The van der Waals surface area contributed by atoms with Crippen LogP contribution >= 0.6 is 0 Å². The van der Waals surface area contributed by atoms with Crippen molar-refractivity contribution in [3.8, 4) is 11.3 Å². The summed E-state index contributed by atoms with van der Waals surface area (Å²) in [6.07, 6.45) is 5.92. The molecule has 2 aliphatic heterocycles. The van der Waals surface area contributed by atoms with Crippen molar-refractivity contribution in [2.75, 3.05) is 63.3 Å². The standard InChI is InChI=1S/C21H23N5O.C2H7N/c1-2-10-26(9-1)21-20-19(22-7-8-23-20)15-18(24-21)16-3-5-17(6-4-16)25-11-13-27-14-12-25;1-3-2/h3-8,15H,1-2,9-14H2;3H,1-2H3. The van der Waals surface area contributed by atoms with Crippen LogP contribution in [-0.2, 0) is 4.74 Å². The van der Waals surface area contributed by atoms with Crippen LogP contribution in [0.25, 0.3) is 22.3 Å². The third-order valence-corrected chi connectivity index (χ3v) is 5.38. The van der Waals surface area contributed by atoms with Crippen molar-refractivity contribution in [1.82, 2.24) is 20.3 Å². The molecule has 1 aromatic carbocycles. The van der Waals surface area contributed by atoms with E-state index < -0.39 is 0 Å². The van der Waals surface area contributed by atoms with Crippen LogP contribution < -0.4 is 15.1 Å². The molecular formula is C23H30N6O. The Balaban J connectivity index is 0.000000687. The van der Waals surface area contributed by atoms with E-state index in [1.165, 1.54) is 18.5 Å². The molecule has 2 fully saturated rings. The fraction of sp³-hybridized carbons (Fsp3) is 0.435. The molecule has 0 amide bonds. The van der Waals surface area contributed by atoms with Gasteiger partial charge in [0.2, 0.25) is 0 Å². The van der Waals surface area contributed by atoms with E-state index >= 15 is 0 Å². The molecule has 0 unspecified atom stereocenters. The number of rotatable bonds is 3. The van der Waals surface area contributed by atoms with Crippen molar-refractivity contribution in [1.29, 1.82) is 0 Å². The van der Waals surface area contributed by atoms with Crippen LogP contribution in [0.15, 0.2) is 42.7 Å². The molecule has 0 bridgehead atoms. The van der Waals surface area contributed by atoms with Crippen LogP contribution in [0, 0.1) is 0 Å². The number of benzene rings is 1. The van der Waals surface area contributed by atoms with E-state index in [9.17, 15) is 0 Å². The molecule has 0 aliphatic carbocycles. The lowest BCUT2D eigenvalue weighted by atomic mass is 10.1. The Kier molecular flexibility index (Phi) is 6.71. The zero-order valence-corrected chi connectivity index (χ0v) is 17.8. The van der Waals surface area contributed by atoms with Gasteiger partial charge in [0.25, 0.3) is 0 Å². The summed E-state index contributed by atoms with van der Waals surface area (Å²) in [4.78, 5) is 18.8. The zero-order chi connectivity index (χ0) is 20.8. The summed E-state index contributed by atoms with van der Waals surface area (Å²) in [7, 11) is 3.75. The van der Waals surface area contributed by atoms with Gasteiger partial charge in [0.05, 0.1) is 24.4 Å². The Bertz CT molecular complexity index is 950. The highest BCUT2D eigenvalue weighted by atomic mass is 16.5. The average Bonchev–Trinajstić information content (AvgIpc) is 3.34. The minimum Gasteiger partial charge on any atom is -0.378 e. The number of hydrogen-bond acceptors (Lipinski definition) is 7. The fourth-order valence-corrected chi connectivity index (χ4v) is 3.92. The summed E-state index contributed by atoms with van der Waals surface area (Å²) >= 11 is 0. The van der Waals surface area contributed by atoms with E-state index in [4.69, 9.17) is 9.72 Å². The third-order valence-electron chi connectivity index (χ3n) is 5.38.